The minimum Gasteiger partial charge on any atom is -0.495 e. The Morgan fingerprint density at radius 2 is 1.91 bits per heavy atom. The number of non-ortho nitro benzene ring substituents is 1. The second kappa shape index (κ2) is 6.21. The Kier molecular flexibility index (Phi) is 4.50. The molecule has 0 bridgehead atoms. The van der Waals surface area contributed by atoms with Gasteiger partial charge in [-0.05, 0) is 36.8 Å². The van der Waals surface area contributed by atoms with Crippen molar-refractivity contribution in [2.24, 2.45) is 0 Å². The van der Waals surface area contributed by atoms with E-state index in [1.807, 2.05) is 0 Å². The minimum atomic E-state index is -4.05. The summed E-state index contributed by atoms with van der Waals surface area (Å²) >= 11 is 0. The maximum atomic E-state index is 13.3. The monoisotopic (exact) mass is 340 g/mol. The first kappa shape index (κ1) is 16.7. The van der Waals surface area contributed by atoms with Crippen LogP contribution in [0.15, 0.2) is 41.3 Å². The first-order chi connectivity index (χ1) is 10.7. The van der Waals surface area contributed by atoms with Gasteiger partial charge in [-0.1, -0.05) is 0 Å². The van der Waals surface area contributed by atoms with Crippen molar-refractivity contribution in [1.82, 2.24) is 0 Å². The summed E-state index contributed by atoms with van der Waals surface area (Å²) in [6, 6.07) is 6.84. The van der Waals surface area contributed by atoms with Crippen molar-refractivity contribution >= 4 is 21.4 Å². The summed E-state index contributed by atoms with van der Waals surface area (Å²) < 4.78 is 45.2. The number of halogens is 1. The molecule has 0 saturated carbocycles. The molecule has 0 atom stereocenters. The highest BCUT2D eigenvalue weighted by Crippen LogP contribution is 2.31. The molecule has 0 aliphatic rings. The van der Waals surface area contributed by atoms with Crippen LogP contribution in [0, 0.1) is 22.9 Å². The molecule has 0 radical (unpaired) electrons. The number of hydrogen-bond donors (Lipinski definition) is 1. The number of nitrogens with zero attached hydrogens (tertiary/aromatic N) is 1. The second-order valence-electron chi connectivity index (χ2n) is 4.66. The molecule has 0 fully saturated rings. The lowest BCUT2D eigenvalue weighted by atomic mass is 10.2. The molecule has 1 N–H and O–H groups in total. The van der Waals surface area contributed by atoms with E-state index in [0.29, 0.717) is 0 Å². The molecule has 2 aromatic rings. The second-order valence-corrected chi connectivity index (χ2v) is 6.34. The van der Waals surface area contributed by atoms with Crippen LogP contribution in [0.5, 0.6) is 5.75 Å². The largest absolute Gasteiger partial charge is 0.495 e. The molecule has 0 aliphatic carbocycles. The zero-order valence-electron chi connectivity index (χ0n) is 12.2. The Morgan fingerprint density at radius 3 is 2.48 bits per heavy atom. The average Bonchev–Trinajstić information content (AvgIpc) is 2.49. The molecule has 0 amide bonds. The number of ether oxygens (including phenoxy) is 1. The van der Waals surface area contributed by atoms with E-state index in [4.69, 9.17) is 4.74 Å². The molecule has 0 unspecified atom stereocenters. The Balaban J connectivity index is 2.45. The average molecular weight is 340 g/mol. The first-order valence-electron chi connectivity index (χ1n) is 6.36. The molecule has 0 aliphatic heterocycles. The molecular formula is C14H13FN2O5S. The van der Waals surface area contributed by atoms with Gasteiger partial charge in [0, 0.05) is 12.1 Å². The van der Waals surface area contributed by atoms with E-state index in [-0.39, 0.29) is 27.6 Å². The molecule has 7 nitrogen and oxygen atoms in total. The smallest absolute Gasteiger partial charge is 0.271 e. The lowest BCUT2D eigenvalue weighted by Gasteiger charge is -2.12. The van der Waals surface area contributed by atoms with Gasteiger partial charge in [-0.3, -0.25) is 14.8 Å². The third-order valence-corrected chi connectivity index (χ3v) is 4.44. The van der Waals surface area contributed by atoms with Gasteiger partial charge < -0.3 is 4.74 Å². The zero-order chi connectivity index (χ0) is 17.2. The SMILES string of the molecule is COc1ccc([N+](=O)[O-])cc1NS(=O)(=O)c1ccc(F)c(C)c1. The van der Waals surface area contributed by atoms with Gasteiger partial charge in [-0.15, -0.1) is 0 Å². The number of nitro groups is 1. The van der Waals surface area contributed by atoms with Gasteiger partial charge in [0.05, 0.1) is 22.6 Å². The van der Waals surface area contributed by atoms with Gasteiger partial charge in [-0.2, -0.15) is 0 Å². The maximum Gasteiger partial charge on any atom is 0.271 e. The molecular weight excluding hydrogens is 327 g/mol. The van der Waals surface area contributed by atoms with Crippen LogP contribution in [0.1, 0.15) is 5.56 Å². The van der Waals surface area contributed by atoms with Crippen molar-refractivity contribution < 1.29 is 22.5 Å². The summed E-state index contributed by atoms with van der Waals surface area (Å²) in [5, 5.41) is 10.8. The maximum absolute atomic E-state index is 13.3. The lowest BCUT2D eigenvalue weighted by molar-refractivity contribution is -0.384. The van der Waals surface area contributed by atoms with Gasteiger partial charge in [0.2, 0.25) is 0 Å². The van der Waals surface area contributed by atoms with Gasteiger partial charge in [0.1, 0.15) is 11.6 Å². The summed E-state index contributed by atoms with van der Waals surface area (Å²) in [7, 11) is -2.74. The Hall–Kier alpha value is -2.68. The fourth-order valence-electron chi connectivity index (χ4n) is 1.88. The van der Waals surface area contributed by atoms with E-state index in [9.17, 15) is 22.9 Å². The highest BCUT2D eigenvalue weighted by Gasteiger charge is 2.20. The van der Waals surface area contributed by atoms with E-state index < -0.39 is 20.8 Å². The molecule has 0 saturated heterocycles. The van der Waals surface area contributed by atoms with E-state index in [0.717, 1.165) is 18.2 Å². The van der Waals surface area contributed by atoms with Crippen molar-refractivity contribution in [3.05, 3.63) is 57.9 Å². The fourth-order valence-corrected chi connectivity index (χ4v) is 3.02. The van der Waals surface area contributed by atoms with Crippen LogP contribution in [0.4, 0.5) is 15.8 Å². The Morgan fingerprint density at radius 1 is 1.22 bits per heavy atom. The standard InChI is InChI=1S/C14H13FN2O5S/c1-9-7-11(4-5-12(9)15)23(20,21)16-13-8-10(17(18)19)3-6-14(13)22-2/h3-8,16H,1-2H3. The molecule has 0 spiro atoms. The molecule has 9 heteroatoms. The van der Waals surface area contributed by atoms with E-state index in [1.54, 1.807) is 0 Å². The van der Waals surface area contributed by atoms with Crippen LogP contribution in [0.25, 0.3) is 0 Å². The summed E-state index contributed by atoms with van der Waals surface area (Å²) in [5.41, 5.74) is -0.207. The van der Waals surface area contributed by atoms with Crippen molar-refractivity contribution in [2.45, 2.75) is 11.8 Å². The first-order valence-corrected chi connectivity index (χ1v) is 7.84. The van der Waals surface area contributed by atoms with Gasteiger partial charge in [-0.25, -0.2) is 12.8 Å². The Bertz CT molecular complexity index is 867. The molecule has 2 aromatic carbocycles. The molecule has 122 valence electrons. The van der Waals surface area contributed by atoms with Gasteiger partial charge >= 0.3 is 0 Å². The number of rotatable bonds is 5. The van der Waals surface area contributed by atoms with Gasteiger partial charge in [0.15, 0.2) is 0 Å². The van der Waals surface area contributed by atoms with Crippen LogP contribution in [-0.4, -0.2) is 20.5 Å². The highest BCUT2D eigenvalue weighted by molar-refractivity contribution is 7.92. The van der Waals surface area contributed by atoms with E-state index in [1.165, 1.54) is 32.2 Å². The van der Waals surface area contributed by atoms with Gasteiger partial charge in [0.25, 0.3) is 15.7 Å². The number of aryl methyl sites for hydroxylation is 1. The quantitative estimate of drug-likeness (QED) is 0.666. The predicted octanol–water partition coefficient (Wildman–Crippen LogP) is 2.85. The number of nitrogens with one attached hydrogen (secondary N) is 1. The molecule has 0 aromatic heterocycles. The van der Waals surface area contributed by atoms with Crippen LogP contribution < -0.4 is 9.46 Å². The normalized spacial score (nSPS) is 11.1. The van der Waals surface area contributed by atoms with Crippen molar-refractivity contribution in [3.63, 3.8) is 0 Å². The Labute approximate surface area is 131 Å². The summed E-state index contributed by atoms with van der Waals surface area (Å²) in [5.74, 6) is -0.408. The third kappa shape index (κ3) is 3.57. The van der Waals surface area contributed by atoms with Crippen LogP contribution >= 0.6 is 0 Å². The number of hydrogen-bond acceptors (Lipinski definition) is 5. The van der Waals surface area contributed by atoms with E-state index >= 15 is 0 Å². The predicted molar refractivity (Wildman–Crippen MR) is 81.6 cm³/mol. The third-order valence-electron chi connectivity index (χ3n) is 3.08. The van der Waals surface area contributed by atoms with Crippen LogP contribution in [-0.2, 0) is 10.0 Å². The van der Waals surface area contributed by atoms with Crippen LogP contribution in [0.3, 0.4) is 0 Å². The number of anilines is 1. The summed E-state index contributed by atoms with van der Waals surface area (Å²) in [4.78, 5) is 10.0. The van der Waals surface area contributed by atoms with E-state index in [2.05, 4.69) is 4.72 Å². The summed E-state index contributed by atoms with van der Waals surface area (Å²) in [6.45, 7) is 1.43. The van der Waals surface area contributed by atoms with Crippen LogP contribution in [0.2, 0.25) is 0 Å². The van der Waals surface area contributed by atoms with Crippen molar-refractivity contribution in [2.75, 3.05) is 11.8 Å². The molecule has 23 heavy (non-hydrogen) atoms. The number of methoxy groups -OCH3 is 1. The highest BCUT2D eigenvalue weighted by atomic mass is 32.2. The van der Waals surface area contributed by atoms with Crippen molar-refractivity contribution in [3.8, 4) is 5.75 Å². The molecule has 2 rings (SSSR count). The number of benzene rings is 2. The summed E-state index contributed by atoms with van der Waals surface area (Å²) in [6.07, 6.45) is 0. The van der Waals surface area contributed by atoms with Crippen molar-refractivity contribution in [1.29, 1.82) is 0 Å². The number of nitro benzene ring substituents is 1. The zero-order valence-corrected chi connectivity index (χ0v) is 13.1. The number of sulfonamides is 1. The minimum absolute atomic E-state index is 0.0799. The molecule has 0 heterocycles. The lowest BCUT2D eigenvalue weighted by Crippen LogP contribution is -2.14. The topological polar surface area (TPSA) is 98.5 Å². The fraction of sp³-hybridized carbons (Fsp3) is 0.143.